The number of benzene rings is 3. The fourth-order valence-corrected chi connectivity index (χ4v) is 5.08. The average Bonchev–Trinajstić information content (AvgIpc) is 3.22. The van der Waals surface area contributed by atoms with Crippen molar-refractivity contribution in [1.82, 2.24) is 14.9 Å². The monoisotopic (exact) mass is 441 g/mol. The van der Waals surface area contributed by atoms with Crippen molar-refractivity contribution in [2.75, 3.05) is 10.7 Å². The summed E-state index contributed by atoms with van der Waals surface area (Å²) in [7, 11) is 0. The summed E-state index contributed by atoms with van der Waals surface area (Å²) >= 11 is 1.43. The molecule has 2 atom stereocenters. The maximum Gasteiger partial charge on any atom is 0.240 e. The number of amides is 1. The summed E-state index contributed by atoms with van der Waals surface area (Å²) in [6, 6.07) is 25.7. The third-order valence-electron chi connectivity index (χ3n) is 5.37. The summed E-state index contributed by atoms with van der Waals surface area (Å²) in [6.07, 6.45) is 0. The van der Waals surface area contributed by atoms with E-state index in [0.29, 0.717) is 5.16 Å². The second kappa shape index (κ2) is 8.51. The first-order chi connectivity index (χ1) is 15.6. The molecule has 4 aromatic rings. The highest BCUT2D eigenvalue weighted by Gasteiger charge is 2.38. The number of nitrogens with zero attached hydrogens (tertiary/aromatic N) is 3. The van der Waals surface area contributed by atoms with Gasteiger partial charge in [0.05, 0.1) is 6.04 Å². The molecule has 160 valence electrons. The second-order valence-corrected chi connectivity index (χ2v) is 9.04. The zero-order valence-corrected chi connectivity index (χ0v) is 18.6. The van der Waals surface area contributed by atoms with E-state index in [0.717, 1.165) is 33.8 Å². The number of carbonyl (C=O) groups excluding carboxylic acids is 1. The maximum atomic E-state index is 13.4. The topological polar surface area (TPSA) is 71.8 Å². The van der Waals surface area contributed by atoms with Crippen LogP contribution in [0.25, 0.3) is 11.4 Å². The molecule has 0 radical (unpaired) electrons. The lowest BCUT2D eigenvalue weighted by molar-refractivity contribution is -0.116. The maximum absolute atomic E-state index is 13.4. The van der Waals surface area contributed by atoms with E-state index < -0.39 is 5.25 Å². The van der Waals surface area contributed by atoms with Crippen LogP contribution in [0, 0.1) is 13.8 Å². The van der Waals surface area contributed by atoms with Gasteiger partial charge in [0.2, 0.25) is 11.1 Å². The molecule has 0 unspecified atom stereocenters. The Morgan fingerprint density at radius 2 is 1.59 bits per heavy atom. The fourth-order valence-electron chi connectivity index (χ4n) is 4.00. The van der Waals surface area contributed by atoms with Crippen LogP contribution in [0.2, 0.25) is 0 Å². The number of aromatic nitrogens is 3. The first-order valence-corrected chi connectivity index (χ1v) is 11.3. The van der Waals surface area contributed by atoms with Gasteiger partial charge in [-0.2, -0.15) is 0 Å². The van der Waals surface area contributed by atoms with Crippen LogP contribution in [0.3, 0.4) is 0 Å². The van der Waals surface area contributed by atoms with E-state index in [2.05, 4.69) is 27.0 Å². The van der Waals surface area contributed by atoms with Crippen LogP contribution in [0.4, 0.5) is 5.69 Å². The van der Waals surface area contributed by atoms with Crippen LogP contribution in [0.1, 0.15) is 22.7 Å². The highest BCUT2D eigenvalue weighted by Crippen LogP contribution is 2.39. The molecule has 5 rings (SSSR count). The Bertz CT molecular complexity index is 1240. The number of nitrogens with one attached hydrogen (secondary N) is 2. The summed E-state index contributed by atoms with van der Waals surface area (Å²) in [5, 5.41) is 12.1. The number of fused-ring (bicyclic) bond motifs is 1. The lowest BCUT2D eigenvalue weighted by Gasteiger charge is -2.33. The van der Waals surface area contributed by atoms with Crippen molar-refractivity contribution in [2.24, 2.45) is 0 Å². The number of aryl methyl sites for hydroxylation is 2. The van der Waals surface area contributed by atoms with Crippen LogP contribution in [-0.4, -0.2) is 26.0 Å². The van der Waals surface area contributed by atoms with Gasteiger partial charge < -0.3 is 10.7 Å². The lowest BCUT2D eigenvalue weighted by Crippen LogP contribution is -2.41. The molecule has 0 bridgehead atoms. The zero-order chi connectivity index (χ0) is 22.1. The van der Waals surface area contributed by atoms with Crippen LogP contribution in [0.5, 0.6) is 0 Å². The normalized spacial score (nSPS) is 17.3. The van der Waals surface area contributed by atoms with Crippen molar-refractivity contribution in [3.8, 4) is 11.4 Å². The van der Waals surface area contributed by atoms with E-state index in [1.807, 2.05) is 91.3 Å². The molecular weight excluding hydrogens is 418 g/mol. The highest BCUT2D eigenvalue weighted by molar-refractivity contribution is 8.00. The van der Waals surface area contributed by atoms with Crippen molar-refractivity contribution in [2.45, 2.75) is 30.3 Å². The fraction of sp³-hybridized carbons (Fsp3) is 0.160. The van der Waals surface area contributed by atoms with Crippen LogP contribution < -0.4 is 10.7 Å². The van der Waals surface area contributed by atoms with Crippen LogP contribution in [0.15, 0.2) is 84.0 Å². The van der Waals surface area contributed by atoms with Gasteiger partial charge in [0.15, 0.2) is 5.82 Å². The van der Waals surface area contributed by atoms with Gasteiger partial charge in [0, 0.05) is 11.3 Å². The molecule has 2 heterocycles. The summed E-state index contributed by atoms with van der Waals surface area (Å²) < 4.78 is 1.89. The summed E-state index contributed by atoms with van der Waals surface area (Å²) in [6.45, 7) is 4.06. The van der Waals surface area contributed by atoms with Gasteiger partial charge in [-0.25, -0.2) is 4.68 Å². The number of hydrogen-bond donors (Lipinski definition) is 2. The Morgan fingerprint density at radius 1 is 0.938 bits per heavy atom. The smallest absolute Gasteiger partial charge is 0.240 e. The number of anilines is 1. The predicted molar refractivity (Wildman–Crippen MR) is 128 cm³/mol. The molecule has 3 aromatic carbocycles. The molecular formula is C25H23N5OS. The Hall–Kier alpha value is -3.58. The van der Waals surface area contributed by atoms with Gasteiger partial charge in [-0.15, -0.1) is 10.2 Å². The Morgan fingerprint density at radius 3 is 2.28 bits per heavy atom. The van der Waals surface area contributed by atoms with E-state index in [9.17, 15) is 4.79 Å². The first kappa shape index (κ1) is 20.3. The molecule has 32 heavy (non-hydrogen) atoms. The highest BCUT2D eigenvalue weighted by atomic mass is 32.2. The third-order valence-corrected chi connectivity index (χ3v) is 6.59. The van der Waals surface area contributed by atoms with E-state index in [-0.39, 0.29) is 11.9 Å². The number of thioether (sulfide) groups is 1. The van der Waals surface area contributed by atoms with E-state index >= 15 is 0 Å². The minimum atomic E-state index is -0.418. The average molecular weight is 442 g/mol. The molecule has 1 aliphatic heterocycles. The van der Waals surface area contributed by atoms with Crippen molar-refractivity contribution < 1.29 is 4.79 Å². The van der Waals surface area contributed by atoms with Gasteiger partial charge in [0.1, 0.15) is 5.25 Å². The molecule has 1 aromatic heterocycles. The van der Waals surface area contributed by atoms with Crippen molar-refractivity contribution in [3.05, 3.63) is 95.6 Å². The second-order valence-electron chi connectivity index (χ2n) is 7.93. The molecule has 1 aliphatic rings. The predicted octanol–water partition coefficient (Wildman–Crippen LogP) is 4.96. The number of carbonyl (C=O) groups is 1. The van der Waals surface area contributed by atoms with Gasteiger partial charge in [-0.1, -0.05) is 78.5 Å². The molecule has 0 saturated heterocycles. The van der Waals surface area contributed by atoms with Crippen LogP contribution in [-0.2, 0) is 4.79 Å². The van der Waals surface area contributed by atoms with Gasteiger partial charge in [-0.3, -0.25) is 4.79 Å². The van der Waals surface area contributed by atoms with Gasteiger partial charge in [-0.05, 0) is 42.7 Å². The SMILES string of the molecule is Cc1cc(C)cc(NC(=O)[C@@H]2Sc3nnc(-c4ccccc4)n3N[C@@H]2c2ccccc2)c1. The Labute approximate surface area is 191 Å². The van der Waals surface area contributed by atoms with Gasteiger partial charge in [0.25, 0.3) is 0 Å². The van der Waals surface area contributed by atoms with E-state index in [1.165, 1.54) is 11.8 Å². The zero-order valence-electron chi connectivity index (χ0n) is 17.8. The molecule has 6 nitrogen and oxygen atoms in total. The molecule has 7 heteroatoms. The van der Waals surface area contributed by atoms with Crippen molar-refractivity contribution in [1.29, 1.82) is 0 Å². The third kappa shape index (κ3) is 3.99. The summed E-state index contributed by atoms with van der Waals surface area (Å²) in [5.74, 6) is 0.652. The quantitative estimate of drug-likeness (QED) is 0.468. The Balaban J connectivity index is 1.50. The minimum Gasteiger partial charge on any atom is -0.325 e. The number of rotatable bonds is 4. The molecule has 0 aliphatic carbocycles. The van der Waals surface area contributed by atoms with Gasteiger partial charge >= 0.3 is 0 Å². The van der Waals surface area contributed by atoms with E-state index in [4.69, 9.17) is 0 Å². The minimum absolute atomic E-state index is 0.0723. The first-order valence-electron chi connectivity index (χ1n) is 10.5. The number of hydrogen-bond acceptors (Lipinski definition) is 5. The molecule has 1 amide bonds. The van der Waals surface area contributed by atoms with Crippen molar-refractivity contribution in [3.63, 3.8) is 0 Å². The standard InChI is InChI=1S/C25H23N5OS/c1-16-13-17(2)15-20(14-16)26-24(31)22-21(18-9-5-3-6-10-18)29-30-23(27-28-25(30)32-22)19-11-7-4-8-12-19/h3-15,21-22,29H,1-2H3,(H,26,31)/t21-,22-/m1/s1. The largest absolute Gasteiger partial charge is 0.325 e. The molecule has 2 N–H and O–H groups in total. The van der Waals surface area contributed by atoms with E-state index in [1.54, 1.807) is 0 Å². The summed E-state index contributed by atoms with van der Waals surface area (Å²) in [5.41, 5.74) is 8.53. The summed E-state index contributed by atoms with van der Waals surface area (Å²) in [4.78, 5) is 13.4. The van der Waals surface area contributed by atoms with Crippen LogP contribution >= 0.6 is 11.8 Å². The Kier molecular flexibility index (Phi) is 5.41. The molecule has 0 saturated carbocycles. The van der Waals surface area contributed by atoms with Crippen molar-refractivity contribution >= 4 is 23.4 Å². The lowest BCUT2D eigenvalue weighted by atomic mass is 10.0. The molecule has 0 spiro atoms. The molecule has 0 fully saturated rings.